The Hall–Kier alpha value is -1.36. The summed E-state index contributed by atoms with van der Waals surface area (Å²) in [6, 6.07) is 3.49. The van der Waals surface area contributed by atoms with E-state index in [9.17, 15) is 19.8 Å². The van der Waals surface area contributed by atoms with Crippen LogP contribution in [0.4, 0.5) is 0 Å². The number of halogens is 1. The number of hydrogen-bond donors (Lipinski definition) is 0. The second-order valence-electron chi connectivity index (χ2n) is 2.30. The quantitative estimate of drug-likeness (QED) is 0.679. The number of carboxylic acid groups (broad SMARTS) is 2. The molecule has 68 valence electrons. The molecule has 1 rings (SSSR count). The van der Waals surface area contributed by atoms with E-state index in [0.29, 0.717) is 4.47 Å². The molecule has 1 aromatic carbocycles. The Morgan fingerprint density at radius 1 is 1.00 bits per heavy atom. The molecule has 0 aliphatic carbocycles. The number of carbonyl (C=O) groups excluding carboxylic acids is 2. The summed E-state index contributed by atoms with van der Waals surface area (Å²) in [7, 11) is 0. The van der Waals surface area contributed by atoms with Crippen LogP contribution >= 0.6 is 15.9 Å². The van der Waals surface area contributed by atoms with Crippen LogP contribution in [0.25, 0.3) is 0 Å². The highest BCUT2D eigenvalue weighted by Crippen LogP contribution is 2.14. The molecular weight excluding hydrogens is 240 g/mol. The van der Waals surface area contributed by atoms with Crippen LogP contribution < -0.4 is 10.2 Å². The summed E-state index contributed by atoms with van der Waals surface area (Å²) in [5, 5.41) is 20.8. The van der Waals surface area contributed by atoms with Crippen molar-refractivity contribution in [3.63, 3.8) is 0 Å². The monoisotopic (exact) mass is 242 g/mol. The molecule has 0 fully saturated rings. The first-order valence-electron chi connectivity index (χ1n) is 3.24. The van der Waals surface area contributed by atoms with Crippen LogP contribution in [0.5, 0.6) is 0 Å². The minimum Gasteiger partial charge on any atom is -0.545 e. The lowest BCUT2D eigenvalue weighted by molar-refractivity contribution is -0.255. The Morgan fingerprint density at radius 3 is 1.69 bits per heavy atom. The van der Waals surface area contributed by atoms with E-state index in [1.165, 1.54) is 12.1 Å². The van der Waals surface area contributed by atoms with Crippen molar-refractivity contribution in [3.8, 4) is 0 Å². The van der Waals surface area contributed by atoms with E-state index in [0.717, 1.165) is 6.07 Å². The maximum Gasteiger partial charge on any atom is 0.0715 e. The second kappa shape index (κ2) is 3.57. The van der Waals surface area contributed by atoms with Gasteiger partial charge in [0.15, 0.2) is 0 Å². The molecule has 0 radical (unpaired) electrons. The van der Waals surface area contributed by atoms with Gasteiger partial charge in [0.2, 0.25) is 0 Å². The molecule has 1 aromatic rings. The molecule has 0 atom stereocenters. The molecule has 13 heavy (non-hydrogen) atoms. The van der Waals surface area contributed by atoms with Crippen LogP contribution in [0.2, 0.25) is 0 Å². The Labute approximate surface area is 81.9 Å². The van der Waals surface area contributed by atoms with Crippen LogP contribution in [0, 0.1) is 0 Å². The first-order chi connectivity index (χ1) is 6.00. The van der Waals surface area contributed by atoms with Gasteiger partial charge in [-0.15, -0.1) is 0 Å². The average molecular weight is 243 g/mol. The van der Waals surface area contributed by atoms with Crippen molar-refractivity contribution in [1.29, 1.82) is 0 Å². The van der Waals surface area contributed by atoms with Gasteiger partial charge in [-0.05, 0) is 29.3 Å². The van der Waals surface area contributed by atoms with Gasteiger partial charge in [0.1, 0.15) is 0 Å². The smallest absolute Gasteiger partial charge is 0.0715 e. The fraction of sp³-hybridized carbons (Fsp3) is 0. The molecule has 0 amide bonds. The van der Waals surface area contributed by atoms with E-state index in [1.807, 2.05) is 0 Å². The first-order valence-corrected chi connectivity index (χ1v) is 4.03. The topological polar surface area (TPSA) is 80.3 Å². The fourth-order valence-corrected chi connectivity index (χ4v) is 1.32. The van der Waals surface area contributed by atoms with Gasteiger partial charge in [-0.2, -0.15) is 0 Å². The zero-order valence-electron chi connectivity index (χ0n) is 6.24. The minimum absolute atomic E-state index is 0.200. The summed E-state index contributed by atoms with van der Waals surface area (Å²) in [4.78, 5) is 20.8. The molecule has 0 aliphatic heterocycles. The summed E-state index contributed by atoms with van der Waals surface area (Å²) >= 11 is 2.97. The molecule has 0 heterocycles. The van der Waals surface area contributed by atoms with Crippen molar-refractivity contribution >= 4 is 27.9 Å². The average Bonchev–Trinajstić information content (AvgIpc) is 2.03. The van der Waals surface area contributed by atoms with Crippen molar-refractivity contribution in [2.75, 3.05) is 0 Å². The SMILES string of the molecule is O=C([O-])c1cc(Br)cc(C(=O)[O-])c1. The van der Waals surface area contributed by atoms with E-state index in [-0.39, 0.29) is 11.1 Å². The highest BCUT2D eigenvalue weighted by atomic mass is 79.9. The van der Waals surface area contributed by atoms with Crippen LogP contribution in [0.15, 0.2) is 22.7 Å². The molecule has 0 bridgehead atoms. The third kappa shape index (κ3) is 2.29. The number of benzene rings is 1. The number of aromatic carboxylic acids is 2. The van der Waals surface area contributed by atoms with Gasteiger partial charge >= 0.3 is 0 Å². The van der Waals surface area contributed by atoms with E-state index in [4.69, 9.17) is 0 Å². The highest BCUT2D eigenvalue weighted by molar-refractivity contribution is 9.10. The van der Waals surface area contributed by atoms with Gasteiger partial charge in [-0.3, -0.25) is 0 Å². The van der Waals surface area contributed by atoms with Gasteiger partial charge in [0.25, 0.3) is 0 Å². The van der Waals surface area contributed by atoms with Gasteiger partial charge in [-0.25, -0.2) is 0 Å². The first kappa shape index (κ1) is 9.73. The third-order valence-electron chi connectivity index (χ3n) is 1.37. The third-order valence-corrected chi connectivity index (χ3v) is 1.83. The molecule has 0 aromatic heterocycles. The Kier molecular flexibility index (Phi) is 2.67. The summed E-state index contributed by atoms with van der Waals surface area (Å²) < 4.78 is 0.355. The molecular formula is C8H3BrO4-2. The van der Waals surface area contributed by atoms with Crippen LogP contribution in [0.3, 0.4) is 0 Å². The molecule has 0 saturated carbocycles. The number of rotatable bonds is 2. The Morgan fingerprint density at radius 2 is 1.38 bits per heavy atom. The Balaban J connectivity index is 3.26. The molecule has 0 aliphatic rings. The maximum absolute atomic E-state index is 10.4. The van der Waals surface area contributed by atoms with E-state index in [2.05, 4.69) is 15.9 Å². The lowest BCUT2D eigenvalue weighted by Gasteiger charge is -2.07. The van der Waals surface area contributed by atoms with E-state index < -0.39 is 11.9 Å². The van der Waals surface area contributed by atoms with E-state index >= 15 is 0 Å². The summed E-state index contributed by atoms with van der Waals surface area (Å²) in [5.41, 5.74) is -0.401. The van der Waals surface area contributed by atoms with E-state index in [1.54, 1.807) is 0 Å². The highest BCUT2D eigenvalue weighted by Gasteiger charge is 2.00. The van der Waals surface area contributed by atoms with Crippen LogP contribution in [0.1, 0.15) is 20.7 Å². The van der Waals surface area contributed by atoms with Crippen molar-refractivity contribution in [3.05, 3.63) is 33.8 Å². The zero-order chi connectivity index (χ0) is 10.0. The van der Waals surface area contributed by atoms with Crippen molar-refractivity contribution < 1.29 is 19.8 Å². The molecule has 0 unspecified atom stereocenters. The standard InChI is InChI=1S/C8H5BrO4/c9-6-2-4(7(10)11)1-5(3-6)8(12)13/h1-3H,(H,10,11)(H,12,13)/p-2. The van der Waals surface area contributed by atoms with Crippen molar-refractivity contribution in [2.24, 2.45) is 0 Å². The fourth-order valence-electron chi connectivity index (χ4n) is 0.825. The van der Waals surface area contributed by atoms with Crippen molar-refractivity contribution in [1.82, 2.24) is 0 Å². The van der Waals surface area contributed by atoms with Gasteiger partial charge in [-0.1, -0.05) is 15.9 Å². The molecule has 5 heteroatoms. The van der Waals surface area contributed by atoms with Crippen molar-refractivity contribution in [2.45, 2.75) is 0 Å². The molecule has 0 N–H and O–H groups in total. The van der Waals surface area contributed by atoms with Gasteiger partial charge in [0, 0.05) is 4.47 Å². The lowest BCUT2D eigenvalue weighted by atomic mass is 10.1. The summed E-state index contributed by atoms with van der Waals surface area (Å²) in [6.45, 7) is 0. The normalized spacial score (nSPS) is 9.62. The van der Waals surface area contributed by atoms with Crippen LogP contribution in [-0.2, 0) is 0 Å². The second-order valence-corrected chi connectivity index (χ2v) is 3.22. The number of hydrogen-bond acceptors (Lipinski definition) is 4. The summed E-state index contributed by atoms with van der Waals surface area (Å²) in [5.74, 6) is -2.85. The lowest BCUT2D eigenvalue weighted by Crippen LogP contribution is -2.25. The minimum atomic E-state index is -1.43. The molecule has 4 nitrogen and oxygen atoms in total. The number of carbonyl (C=O) groups is 2. The van der Waals surface area contributed by atoms with Gasteiger partial charge < -0.3 is 19.8 Å². The number of carboxylic acids is 2. The Bertz CT molecular complexity index is 340. The zero-order valence-corrected chi connectivity index (χ0v) is 7.83. The van der Waals surface area contributed by atoms with Gasteiger partial charge in [0.05, 0.1) is 11.9 Å². The molecule has 0 spiro atoms. The largest absolute Gasteiger partial charge is 0.545 e. The predicted octanol–water partition coefficient (Wildman–Crippen LogP) is -0.824. The predicted molar refractivity (Wildman–Crippen MR) is 42.8 cm³/mol. The molecule has 0 saturated heterocycles. The maximum atomic E-state index is 10.4. The van der Waals surface area contributed by atoms with Crippen LogP contribution in [-0.4, -0.2) is 11.9 Å². The summed E-state index contributed by atoms with van der Waals surface area (Å²) in [6.07, 6.45) is 0.